The molecule has 0 atom stereocenters. The highest BCUT2D eigenvalue weighted by Gasteiger charge is 2.39. The van der Waals surface area contributed by atoms with Gasteiger partial charge in [-0.15, -0.1) is 0 Å². The normalized spacial score (nSPS) is 32.9. The zero-order valence-corrected chi connectivity index (χ0v) is 10.2. The molecule has 0 bridgehead atoms. The first-order valence-corrected chi connectivity index (χ1v) is 6.58. The minimum Gasteiger partial charge on any atom is -0.394 e. The molecule has 0 aromatic rings. The number of carbonyl (C=O) groups excluding carboxylic acids is 1. The summed E-state index contributed by atoms with van der Waals surface area (Å²) in [6, 6.07) is 0. The van der Waals surface area contributed by atoms with Gasteiger partial charge in [0.2, 0.25) is 5.91 Å². The lowest BCUT2D eigenvalue weighted by molar-refractivity contribution is -0.130. The molecule has 16 heavy (non-hydrogen) atoms. The van der Waals surface area contributed by atoms with Crippen molar-refractivity contribution in [1.82, 2.24) is 5.32 Å². The molecule has 2 fully saturated rings. The molecule has 2 aliphatic rings. The van der Waals surface area contributed by atoms with Crippen LogP contribution < -0.4 is 5.32 Å². The average Bonchev–Trinajstić information content (AvgIpc) is 2.24. The van der Waals surface area contributed by atoms with Gasteiger partial charge in [0.05, 0.1) is 12.1 Å². The van der Waals surface area contributed by atoms with Gasteiger partial charge in [0, 0.05) is 5.92 Å². The van der Waals surface area contributed by atoms with E-state index in [0.717, 1.165) is 38.0 Å². The monoisotopic (exact) mass is 225 g/mol. The van der Waals surface area contributed by atoms with Crippen molar-refractivity contribution < 1.29 is 9.90 Å². The molecule has 0 aromatic carbocycles. The number of rotatable bonds is 3. The maximum atomic E-state index is 12.0. The first kappa shape index (κ1) is 11.9. The van der Waals surface area contributed by atoms with E-state index >= 15 is 0 Å². The van der Waals surface area contributed by atoms with Crippen LogP contribution in [-0.4, -0.2) is 23.2 Å². The van der Waals surface area contributed by atoms with Crippen molar-refractivity contribution in [3.63, 3.8) is 0 Å². The Labute approximate surface area is 97.6 Å². The van der Waals surface area contributed by atoms with Gasteiger partial charge >= 0.3 is 0 Å². The van der Waals surface area contributed by atoms with Gasteiger partial charge in [-0.1, -0.05) is 6.92 Å². The fourth-order valence-electron chi connectivity index (χ4n) is 2.81. The second kappa shape index (κ2) is 4.74. The summed E-state index contributed by atoms with van der Waals surface area (Å²) < 4.78 is 0. The molecule has 0 unspecified atom stereocenters. The molecule has 1 amide bonds. The average molecular weight is 225 g/mol. The Balaban J connectivity index is 1.83. The highest BCUT2D eigenvalue weighted by atomic mass is 16.3. The minimum absolute atomic E-state index is 0.0991. The molecule has 2 aliphatic carbocycles. The molecule has 0 spiro atoms. The number of aliphatic hydroxyl groups is 1. The smallest absolute Gasteiger partial charge is 0.223 e. The van der Waals surface area contributed by atoms with Crippen molar-refractivity contribution in [2.24, 2.45) is 11.8 Å². The van der Waals surface area contributed by atoms with Gasteiger partial charge in [0.25, 0.3) is 0 Å². The summed E-state index contributed by atoms with van der Waals surface area (Å²) in [6.07, 6.45) is 7.40. The second-order valence-corrected chi connectivity index (χ2v) is 5.74. The molecule has 3 nitrogen and oxygen atoms in total. The fraction of sp³-hybridized carbons (Fsp3) is 0.923. The van der Waals surface area contributed by atoms with Crippen molar-refractivity contribution in [1.29, 1.82) is 0 Å². The van der Waals surface area contributed by atoms with Crippen LogP contribution in [0.25, 0.3) is 0 Å². The van der Waals surface area contributed by atoms with Gasteiger partial charge in [-0.3, -0.25) is 4.79 Å². The Morgan fingerprint density at radius 2 is 1.94 bits per heavy atom. The van der Waals surface area contributed by atoms with Gasteiger partial charge in [-0.2, -0.15) is 0 Å². The largest absolute Gasteiger partial charge is 0.394 e. The van der Waals surface area contributed by atoms with Crippen LogP contribution in [0.15, 0.2) is 0 Å². The summed E-state index contributed by atoms with van der Waals surface area (Å²) in [7, 11) is 0. The number of amides is 1. The molecular formula is C13H23NO2. The van der Waals surface area contributed by atoms with Crippen LogP contribution in [-0.2, 0) is 4.79 Å². The maximum absolute atomic E-state index is 12.0. The topological polar surface area (TPSA) is 49.3 Å². The van der Waals surface area contributed by atoms with E-state index in [2.05, 4.69) is 12.2 Å². The summed E-state index contributed by atoms with van der Waals surface area (Å²) in [5, 5.41) is 12.4. The van der Waals surface area contributed by atoms with Crippen molar-refractivity contribution in [2.75, 3.05) is 6.61 Å². The van der Waals surface area contributed by atoms with Crippen molar-refractivity contribution >= 4 is 5.91 Å². The number of nitrogens with one attached hydrogen (secondary N) is 1. The van der Waals surface area contributed by atoms with Crippen LogP contribution in [0.4, 0.5) is 0 Å². The van der Waals surface area contributed by atoms with Gasteiger partial charge in [0.15, 0.2) is 0 Å². The Bertz CT molecular complexity index is 247. The highest BCUT2D eigenvalue weighted by molar-refractivity contribution is 5.79. The lowest BCUT2D eigenvalue weighted by Crippen LogP contribution is -2.57. The molecule has 0 aliphatic heterocycles. The molecule has 0 aromatic heterocycles. The molecular weight excluding hydrogens is 202 g/mol. The van der Waals surface area contributed by atoms with E-state index in [1.165, 1.54) is 12.8 Å². The maximum Gasteiger partial charge on any atom is 0.223 e. The van der Waals surface area contributed by atoms with E-state index in [1.54, 1.807) is 0 Å². The standard InChI is InChI=1S/C13H23NO2/c1-10-3-5-11(6-4-10)12(16)14-13(9-15)7-2-8-13/h10-11,15H,2-9H2,1H3,(H,14,16). The van der Waals surface area contributed by atoms with Crippen LogP contribution in [0.3, 0.4) is 0 Å². The van der Waals surface area contributed by atoms with Crippen LogP contribution in [0.5, 0.6) is 0 Å². The van der Waals surface area contributed by atoms with Gasteiger partial charge in [-0.25, -0.2) is 0 Å². The molecule has 2 saturated carbocycles. The van der Waals surface area contributed by atoms with Gasteiger partial charge < -0.3 is 10.4 Å². The summed E-state index contributed by atoms with van der Waals surface area (Å²) in [6.45, 7) is 2.36. The fourth-order valence-corrected chi connectivity index (χ4v) is 2.81. The molecule has 0 saturated heterocycles. The Morgan fingerprint density at radius 1 is 1.31 bits per heavy atom. The lowest BCUT2D eigenvalue weighted by Gasteiger charge is -2.42. The number of carbonyl (C=O) groups is 1. The molecule has 2 rings (SSSR count). The predicted octanol–water partition coefficient (Wildman–Crippen LogP) is 1.84. The molecule has 3 heteroatoms. The SMILES string of the molecule is CC1CCC(C(=O)NC2(CO)CCC2)CC1. The van der Waals surface area contributed by atoms with E-state index in [9.17, 15) is 9.90 Å². The summed E-state index contributed by atoms with van der Waals surface area (Å²) in [5.41, 5.74) is -0.264. The summed E-state index contributed by atoms with van der Waals surface area (Å²) >= 11 is 0. The van der Waals surface area contributed by atoms with Crippen molar-refractivity contribution in [2.45, 2.75) is 57.4 Å². The van der Waals surface area contributed by atoms with Crippen molar-refractivity contribution in [3.05, 3.63) is 0 Å². The summed E-state index contributed by atoms with van der Waals surface area (Å²) in [5.74, 6) is 1.15. The van der Waals surface area contributed by atoms with Gasteiger partial charge in [-0.05, 0) is 50.9 Å². The molecule has 0 heterocycles. The third kappa shape index (κ3) is 2.40. The number of hydrogen-bond acceptors (Lipinski definition) is 2. The van der Waals surface area contributed by atoms with Crippen LogP contribution >= 0.6 is 0 Å². The first-order chi connectivity index (χ1) is 7.65. The minimum atomic E-state index is -0.264. The number of aliphatic hydroxyl groups excluding tert-OH is 1. The first-order valence-electron chi connectivity index (χ1n) is 6.58. The predicted molar refractivity (Wildman–Crippen MR) is 62.9 cm³/mol. The molecule has 92 valence electrons. The zero-order valence-electron chi connectivity index (χ0n) is 10.2. The highest BCUT2D eigenvalue weighted by Crippen LogP contribution is 2.33. The van der Waals surface area contributed by atoms with Crippen molar-refractivity contribution in [3.8, 4) is 0 Å². The van der Waals surface area contributed by atoms with Crippen LogP contribution in [0, 0.1) is 11.8 Å². The summed E-state index contributed by atoms with van der Waals surface area (Å²) in [4.78, 5) is 12.0. The lowest BCUT2D eigenvalue weighted by atomic mass is 9.76. The third-order valence-corrected chi connectivity index (χ3v) is 4.39. The molecule has 2 N–H and O–H groups in total. The van der Waals surface area contributed by atoms with Crippen LogP contribution in [0.1, 0.15) is 51.9 Å². The number of hydrogen-bond donors (Lipinski definition) is 2. The Morgan fingerprint density at radius 3 is 2.38 bits per heavy atom. The second-order valence-electron chi connectivity index (χ2n) is 5.74. The zero-order chi connectivity index (χ0) is 11.6. The van der Waals surface area contributed by atoms with E-state index in [1.807, 2.05) is 0 Å². The third-order valence-electron chi connectivity index (χ3n) is 4.39. The van der Waals surface area contributed by atoms with E-state index in [-0.39, 0.29) is 24.0 Å². The Kier molecular flexibility index (Phi) is 3.53. The van der Waals surface area contributed by atoms with Crippen LogP contribution in [0.2, 0.25) is 0 Å². The quantitative estimate of drug-likeness (QED) is 0.770. The Hall–Kier alpha value is -0.570. The molecule has 0 radical (unpaired) electrons. The van der Waals surface area contributed by atoms with Gasteiger partial charge in [0.1, 0.15) is 0 Å². The van der Waals surface area contributed by atoms with E-state index in [0.29, 0.717) is 0 Å². The van der Waals surface area contributed by atoms with E-state index in [4.69, 9.17) is 0 Å². The van der Waals surface area contributed by atoms with E-state index < -0.39 is 0 Å².